The summed E-state index contributed by atoms with van der Waals surface area (Å²) < 4.78 is 3.30. The first-order chi connectivity index (χ1) is 12.1. The Kier molecular flexibility index (Phi) is 5.99. The Hall–Kier alpha value is -1.56. The molecule has 2 aromatic carbocycles. The molecule has 0 fully saturated rings. The zero-order valence-electron chi connectivity index (χ0n) is 14.2. The van der Waals surface area contributed by atoms with Crippen LogP contribution in [0.1, 0.15) is 22.8 Å². The second-order valence-electron chi connectivity index (χ2n) is 5.61. The summed E-state index contributed by atoms with van der Waals surface area (Å²) in [7, 11) is 0. The number of hydrogen-bond acceptors (Lipinski definition) is 3. The van der Waals surface area contributed by atoms with Crippen molar-refractivity contribution in [3.63, 3.8) is 0 Å². The van der Waals surface area contributed by atoms with Crippen LogP contribution in [-0.2, 0) is 13.0 Å². The van der Waals surface area contributed by atoms with Gasteiger partial charge in [-0.15, -0.1) is 0 Å². The van der Waals surface area contributed by atoms with Crippen LogP contribution >= 0.6 is 34.7 Å². The predicted molar refractivity (Wildman–Crippen MR) is 109 cm³/mol. The molecule has 0 aliphatic heterocycles. The number of thioether (sulfide) groups is 1. The van der Waals surface area contributed by atoms with Gasteiger partial charge in [-0.3, -0.25) is 4.79 Å². The van der Waals surface area contributed by atoms with Crippen molar-refractivity contribution in [2.45, 2.75) is 19.9 Å². The molecule has 0 aliphatic rings. The molecule has 0 aliphatic carbocycles. The van der Waals surface area contributed by atoms with Crippen LogP contribution < -0.4 is 4.80 Å². The molecule has 1 aromatic heterocycles. The summed E-state index contributed by atoms with van der Waals surface area (Å²) in [5.74, 6) is 0.711. The minimum atomic E-state index is -0.261. The SMILES string of the molecule is CCc1ccc2c(c1)sc(=NC(=O)c1cccc(Cl)c1)n2CCSC. The molecule has 25 heavy (non-hydrogen) atoms. The highest BCUT2D eigenvalue weighted by molar-refractivity contribution is 7.98. The van der Waals surface area contributed by atoms with E-state index < -0.39 is 0 Å². The summed E-state index contributed by atoms with van der Waals surface area (Å²) in [5.41, 5.74) is 2.93. The minimum absolute atomic E-state index is 0.261. The van der Waals surface area contributed by atoms with Crippen molar-refractivity contribution in [1.82, 2.24) is 4.57 Å². The van der Waals surface area contributed by atoms with Crippen LogP contribution in [0, 0.1) is 0 Å². The Morgan fingerprint density at radius 2 is 2.12 bits per heavy atom. The fraction of sp³-hybridized carbons (Fsp3) is 0.263. The van der Waals surface area contributed by atoms with Gasteiger partial charge in [-0.05, 0) is 48.6 Å². The fourth-order valence-electron chi connectivity index (χ4n) is 2.59. The molecular weight excluding hydrogens is 372 g/mol. The van der Waals surface area contributed by atoms with Gasteiger partial charge in [0.2, 0.25) is 0 Å². The van der Waals surface area contributed by atoms with Crippen molar-refractivity contribution in [2.75, 3.05) is 12.0 Å². The van der Waals surface area contributed by atoms with Crippen LogP contribution in [0.5, 0.6) is 0 Å². The summed E-state index contributed by atoms with van der Waals surface area (Å²) in [6, 6.07) is 13.4. The van der Waals surface area contributed by atoms with Gasteiger partial charge in [-0.25, -0.2) is 0 Å². The smallest absolute Gasteiger partial charge is 0.279 e. The summed E-state index contributed by atoms with van der Waals surface area (Å²) in [6.07, 6.45) is 3.07. The molecular formula is C19H19ClN2OS2. The van der Waals surface area contributed by atoms with Gasteiger partial charge in [0.15, 0.2) is 4.80 Å². The van der Waals surface area contributed by atoms with Crippen molar-refractivity contribution in [2.24, 2.45) is 4.99 Å². The van der Waals surface area contributed by atoms with Gasteiger partial charge < -0.3 is 4.57 Å². The van der Waals surface area contributed by atoms with Crippen LogP contribution in [0.3, 0.4) is 0 Å². The third-order valence-electron chi connectivity index (χ3n) is 3.94. The van der Waals surface area contributed by atoms with Crippen LogP contribution in [0.25, 0.3) is 10.2 Å². The van der Waals surface area contributed by atoms with Gasteiger partial charge in [0, 0.05) is 22.9 Å². The second kappa shape index (κ2) is 8.21. The highest BCUT2D eigenvalue weighted by Gasteiger charge is 2.10. The first-order valence-corrected chi connectivity index (χ1v) is 10.7. The average Bonchev–Trinajstić information content (AvgIpc) is 2.95. The molecule has 0 unspecified atom stereocenters. The maximum Gasteiger partial charge on any atom is 0.279 e. The van der Waals surface area contributed by atoms with Crippen molar-refractivity contribution < 1.29 is 4.79 Å². The molecule has 0 bridgehead atoms. The van der Waals surface area contributed by atoms with E-state index in [9.17, 15) is 4.79 Å². The van der Waals surface area contributed by atoms with E-state index in [1.165, 1.54) is 5.56 Å². The normalized spacial score (nSPS) is 12.0. The lowest BCUT2D eigenvalue weighted by atomic mass is 10.2. The van der Waals surface area contributed by atoms with Crippen molar-refractivity contribution >= 4 is 50.8 Å². The number of carbonyl (C=O) groups is 1. The minimum Gasteiger partial charge on any atom is -0.316 e. The summed E-state index contributed by atoms with van der Waals surface area (Å²) >= 11 is 9.34. The summed E-state index contributed by atoms with van der Waals surface area (Å²) in [6.45, 7) is 2.97. The molecule has 1 amide bonds. The third-order valence-corrected chi connectivity index (χ3v) is 5.81. The van der Waals surface area contributed by atoms with Gasteiger partial charge in [0.1, 0.15) is 0 Å². The molecule has 0 N–H and O–H groups in total. The van der Waals surface area contributed by atoms with Gasteiger partial charge in [0.25, 0.3) is 5.91 Å². The highest BCUT2D eigenvalue weighted by atomic mass is 35.5. The largest absolute Gasteiger partial charge is 0.316 e. The standard InChI is InChI=1S/C19H19ClN2OS2/c1-3-13-7-8-16-17(11-13)25-19(22(16)9-10-24-2)21-18(23)14-5-4-6-15(20)12-14/h4-8,11-12H,3,9-10H2,1-2H3. The Bertz CT molecular complexity index is 975. The fourth-order valence-corrected chi connectivity index (χ4v) is 4.27. The number of carbonyl (C=O) groups excluding carboxylic acids is 1. The Morgan fingerprint density at radius 3 is 2.84 bits per heavy atom. The molecule has 6 heteroatoms. The van der Waals surface area contributed by atoms with Gasteiger partial charge >= 0.3 is 0 Å². The third kappa shape index (κ3) is 4.17. The van der Waals surface area contributed by atoms with E-state index in [-0.39, 0.29) is 5.91 Å². The average molecular weight is 391 g/mol. The van der Waals surface area contributed by atoms with Crippen LogP contribution in [0.15, 0.2) is 47.5 Å². The lowest BCUT2D eigenvalue weighted by molar-refractivity contribution is 0.0998. The molecule has 1 heterocycles. The van der Waals surface area contributed by atoms with Crippen molar-refractivity contribution in [1.29, 1.82) is 0 Å². The zero-order chi connectivity index (χ0) is 17.8. The van der Waals surface area contributed by atoms with E-state index in [2.05, 4.69) is 40.9 Å². The summed E-state index contributed by atoms with van der Waals surface area (Å²) in [4.78, 5) is 17.7. The summed E-state index contributed by atoms with van der Waals surface area (Å²) in [5, 5.41) is 0.542. The molecule has 130 valence electrons. The number of halogens is 1. The number of amides is 1. The molecule has 0 radical (unpaired) electrons. The second-order valence-corrected chi connectivity index (χ2v) is 8.04. The van der Waals surface area contributed by atoms with E-state index in [0.29, 0.717) is 10.6 Å². The quantitative estimate of drug-likeness (QED) is 0.612. The van der Waals surface area contributed by atoms with Gasteiger partial charge in [0.05, 0.1) is 10.2 Å². The molecule has 3 nitrogen and oxygen atoms in total. The number of aryl methyl sites for hydroxylation is 2. The van der Waals surface area contributed by atoms with E-state index >= 15 is 0 Å². The Morgan fingerprint density at radius 1 is 1.28 bits per heavy atom. The Balaban J connectivity index is 2.11. The zero-order valence-corrected chi connectivity index (χ0v) is 16.5. The maximum atomic E-state index is 12.6. The lowest BCUT2D eigenvalue weighted by Crippen LogP contribution is -2.18. The Labute approximate surface area is 160 Å². The van der Waals surface area contributed by atoms with Crippen molar-refractivity contribution in [3.8, 4) is 0 Å². The van der Waals surface area contributed by atoms with Gasteiger partial charge in [-0.2, -0.15) is 16.8 Å². The molecule has 0 spiro atoms. The van der Waals surface area contributed by atoms with Crippen LogP contribution in [0.4, 0.5) is 0 Å². The topological polar surface area (TPSA) is 34.4 Å². The van der Waals surface area contributed by atoms with E-state index in [1.807, 2.05) is 0 Å². The monoisotopic (exact) mass is 390 g/mol. The first-order valence-electron chi connectivity index (χ1n) is 8.08. The molecule has 3 aromatic rings. The van der Waals surface area contributed by atoms with E-state index in [1.54, 1.807) is 47.4 Å². The molecule has 0 atom stereocenters. The lowest BCUT2D eigenvalue weighted by Gasteiger charge is -2.04. The predicted octanol–water partition coefficient (Wildman–Crippen LogP) is 5.02. The number of fused-ring (bicyclic) bond motifs is 1. The van der Waals surface area contributed by atoms with Gasteiger partial charge in [-0.1, -0.05) is 42.0 Å². The number of aromatic nitrogens is 1. The molecule has 0 saturated carbocycles. The van der Waals surface area contributed by atoms with E-state index in [4.69, 9.17) is 11.6 Å². The number of benzene rings is 2. The number of hydrogen-bond donors (Lipinski definition) is 0. The molecule has 0 saturated heterocycles. The number of rotatable bonds is 5. The first kappa shape index (κ1) is 18.2. The van der Waals surface area contributed by atoms with Crippen LogP contribution in [-0.4, -0.2) is 22.5 Å². The van der Waals surface area contributed by atoms with Crippen molar-refractivity contribution in [3.05, 3.63) is 63.4 Å². The molecule has 3 rings (SSSR count). The highest BCUT2D eigenvalue weighted by Crippen LogP contribution is 2.20. The maximum absolute atomic E-state index is 12.6. The van der Waals surface area contributed by atoms with Crippen LogP contribution in [0.2, 0.25) is 5.02 Å². The number of thiazole rings is 1. The number of nitrogens with zero attached hydrogens (tertiary/aromatic N) is 2. The van der Waals surface area contributed by atoms with E-state index in [0.717, 1.165) is 33.7 Å².